The molecule has 1 aliphatic rings. The summed E-state index contributed by atoms with van der Waals surface area (Å²) in [5.74, 6) is 2.21. The number of benzene rings is 2. The highest BCUT2D eigenvalue weighted by atomic mass is 32.2. The Balaban J connectivity index is 1.72. The van der Waals surface area contributed by atoms with Crippen LogP contribution >= 0.6 is 11.8 Å². The number of nitrogens with zero attached hydrogens (tertiary/aromatic N) is 1. The predicted molar refractivity (Wildman–Crippen MR) is 98.9 cm³/mol. The van der Waals surface area contributed by atoms with Gasteiger partial charge in [0.25, 0.3) is 0 Å². The number of rotatable bonds is 5. The van der Waals surface area contributed by atoms with Gasteiger partial charge >= 0.3 is 0 Å². The molecule has 1 heterocycles. The molecule has 0 unspecified atom stereocenters. The Hall–Kier alpha value is -1.78. The number of hydrogen-bond acceptors (Lipinski definition) is 4. The zero-order valence-electron chi connectivity index (χ0n) is 14.2. The molecule has 4 heteroatoms. The molecule has 3 rings (SSSR count). The lowest BCUT2D eigenvalue weighted by Crippen LogP contribution is -2.24. The van der Waals surface area contributed by atoms with Gasteiger partial charge in [0.2, 0.25) is 0 Å². The number of fused-ring (bicyclic) bond motifs is 1. The normalized spacial score (nSPS) is 14.8. The quantitative estimate of drug-likeness (QED) is 0.754. The van der Waals surface area contributed by atoms with Crippen LogP contribution in [0, 0.1) is 0 Å². The van der Waals surface area contributed by atoms with Gasteiger partial charge < -0.3 is 4.74 Å². The Morgan fingerprint density at radius 3 is 2.71 bits per heavy atom. The van der Waals surface area contributed by atoms with Gasteiger partial charge in [-0.05, 0) is 29.3 Å². The second-order valence-electron chi connectivity index (χ2n) is 6.01. The first-order valence-electron chi connectivity index (χ1n) is 8.34. The van der Waals surface area contributed by atoms with E-state index in [2.05, 4.69) is 29.2 Å². The summed E-state index contributed by atoms with van der Waals surface area (Å²) in [5, 5.41) is 0. The molecule has 1 aliphatic heterocycles. The minimum absolute atomic E-state index is 0.203. The predicted octanol–water partition coefficient (Wildman–Crippen LogP) is 4.40. The lowest BCUT2D eigenvalue weighted by molar-refractivity contribution is 0.0988. The average Bonchev–Trinajstić information content (AvgIpc) is 2.82. The van der Waals surface area contributed by atoms with E-state index < -0.39 is 0 Å². The molecule has 3 nitrogen and oxygen atoms in total. The van der Waals surface area contributed by atoms with Crippen molar-refractivity contribution in [2.24, 2.45) is 0 Å². The van der Waals surface area contributed by atoms with Crippen LogP contribution < -0.4 is 4.74 Å². The molecule has 24 heavy (non-hydrogen) atoms. The van der Waals surface area contributed by atoms with Crippen molar-refractivity contribution in [2.75, 3.05) is 19.4 Å². The van der Waals surface area contributed by atoms with E-state index in [1.165, 1.54) is 16.0 Å². The Morgan fingerprint density at radius 1 is 1.21 bits per heavy atom. The lowest BCUT2D eigenvalue weighted by Gasteiger charge is -2.20. The van der Waals surface area contributed by atoms with Crippen molar-refractivity contribution in [3.8, 4) is 5.75 Å². The van der Waals surface area contributed by atoms with E-state index in [1.54, 1.807) is 7.11 Å². The van der Waals surface area contributed by atoms with E-state index in [9.17, 15) is 4.79 Å². The summed E-state index contributed by atoms with van der Waals surface area (Å²) in [6.07, 6.45) is 0.557. The minimum Gasteiger partial charge on any atom is -0.497 e. The molecule has 0 fully saturated rings. The van der Waals surface area contributed by atoms with Gasteiger partial charge in [-0.2, -0.15) is 0 Å². The first-order valence-corrected chi connectivity index (χ1v) is 9.32. The highest BCUT2D eigenvalue weighted by Crippen LogP contribution is 2.30. The lowest BCUT2D eigenvalue weighted by atomic mass is 10.1. The molecule has 0 saturated carbocycles. The standard InChI is InChI=1S/C20H23NO2S/c1-3-19(22)16-6-4-15(5-7-16)13-21-10-11-24-20-9-8-18(23-2)12-17(20)14-21/h4-9,12H,3,10-11,13-14H2,1-2H3. The third-order valence-electron chi connectivity index (χ3n) is 4.33. The zero-order valence-corrected chi connectivity index (χ0v) is 15.1. The van der Waals surface area contributed by atoms with Crippen molar-refractivity contribution in [2.45, 2.75) is 31.3 Å². The summed E-state index contributed by atoms with van der Waals surface area (Å²) < 4.78 is 5.36. The van der Waals surface area contributed by atoms with Crippen LogP contribution in [0.25, 0.3) is 0 Å². The van der Waals surface area contributed by atoms with Gasteiger partial charge in [0.15, 0.2) is 5.78 Å². The van der Waals surface area contributed by atoms with Crippen LogP contribution in [-0.2, 0) is 13.1 Å². The molecule has 0 aliphatic carbocycles. The van der Waals surface area contributed by atoms with Crippen LogP contribution in [0.4, 0.5) is 0 Å². The van der Waals surface area contributed by atoms with Crippen LogP contribution in [0.3, 0.4) is 0 Å². The number of thioether (sulfide) groups is 1. The largest absolute Gasteiger partial charge is 0.497 e. The molecular formula is C20H23NO2S. The highest BCUT2D eigenvalue weighted by molar-refractivity contribution is 7.99. The van der Waals surface area contributed by atoms with Crippen molar-refractivity contribution in [3.63, 3.8) is 0 Å². The summed E-state index contributed by atoms with van der Waals surface area (Å²) >= 11 is 1.91. The maximum absolute atomic E-state index is 11.7. The molecule has 0 bridgehead atoms. The van der Waals surface area contributed by atoms with Gasteiger partial charge in [-0.3, -0.25) is 9.69 Å². The van der Waals surface area contributed by atoms with Crippen molar-refractivity contribution < 1.29 is 9.53 Å². The molecule has 2 aromatic carbocycles. The number of hydrogen-bond donors (Lipinski definition) is 0. The van der Waals surface area contributed by atoms with Gasteiger partial charge in [-0.1, -0.05) is 31.2 Å². The second-order valence-corrected chi connectivity index (χ2v) is 7.14. The van der Waals surface area contributed by atoms with Gasteiger partial charge in [0.1, 0.15) is 5.75 Å². The summed E-state index contributed by atoms with van der Waals surface area (Å²) in [7, 11) is 1.71. The Bertz CT molecular complexity index is 712. The Morgan fingerprint density at radius 2 is 2.00 bits per heavy atom. The monoisotopic (exact) mass is 341 g/mol. The Labute approximate surface area is 148 Å². The van der Waals surface area contributed by atoms with Crippen molar-refractivity contribution in [1.82, 2.24) is 4.90 Å². The average molecular weight is 341 g/mol. The van der Waals surface area contributed by atoms with Crippen LogP contribution in [0.5, 0.6) is 5.75 Å². The number of carbonyl (C=O) groups excluding carboxylic acids is 1. The third-order valence-corrected chi connectivity index (χ3v) is 5.43. The molecule has 0 aromatic heterocycles. The van der Waals surface area contributed by atoms with E-state index in [-0.39, 0.29) is 5.78 Å². The number of Topliss-reactive ketones (excluding diaryl/α,β-unsaturated/α-hetero) is 1. The number of methoxy groups -OCH3 is 1. The minimum atomic E-state index is 0.203. The van der Waals surface area contributed by atoms with Gasteiger partial charge in [0, 0.05) is 42.3 Å². The SMILES string of the molecule is CCC(=O)c1ccc(CN2CCSc3ccc(OC)cc3C2)cc1. The summed E-state index contributed by atoms with van der Waals surface area (Å²) in [4.78, 5) is 15.5. The van der Waals surface area contributed by atoms with Gasteiger partial charge in [-0.25, -0.2) is 0 Å². The molecule has 126 valence electrons. The fourth-order valence-electron chi connectivity index (χ4n) is 2.95. The van der Waals surface area contributed by atoms with Crippen LogP contribution in [0.2, 0.25) is 0 Å². The van der Waals surface area contributed by atoms with E-state index in [4.69, 9.17) is 4.74 Å². The molecule has 0 N–H and O–H groups in total. The van der Waals surface area contributed by atoms with Crippen LogP contribution in [0.15, 0.2) is 47.4 Å². The van der Waals surface area contributed by atoms with Gasteiger partial charge in [0.05, 0.1) is 7.11 Å². The van der Waals surface area contributed by atoms with Crippen LogP contribution in [0.1, 0.15) is 34.8 Å². The molecule has 2 aromatic rings. The van der Waals surface area contributed by atoms with E-state index in [0.29, 0.717) is 6.42 Å². The Kier molecular flexibility index (Phi) is 5.59. The number of ketones is 1. The van der Waals surface area contributed by atoms with Crippen molar-refractivity contribution in [3.05, 3.63) is 59.2 Å². The fourth-order valence-corrected chi connectivity index (χ4v) is 3.99. The summed E-state index contributed by atoms with van der Waals surface area (Å²) in [6, 6.07) is 14.4. The fraction of sp³-hybridized carbons (Fsp3) is 0.350. The molecule has 0 amide bonds. The van der Waals surface area contributed by atoms with E-state index >= 15 is 0 Å². The molecular weight excluding hydrogens is 318 g/mol. The zero-order chi connectivity index (χ0) is 16.9. The molecule has 0 atom stereocenters. The maximum atomic E-state index is 11.7. The van der Waals surface area contributed by atoms with E-state index in [0.717, 1.165) is 36.7 Å². The molecule has 0 radical (unpaired) electrons. The highest BCUT2D eigenvalue weighted by Gasteiger charge is 2.16. The summed E-state index contributed by atoms with van der Waals surface area (Å²) in [6.45, 7) is 4.78. The molecule has 0 spiro atoms. The molecule has 0 saturated heterocycles. The summed E-state index contributed by atoms with van der Waals surface area (Å²) in [5.41, 5.74) is 3.39. The van der Waals surface area contributed by atoms with E-state index in [1.807, 2.05) is 36.9 Å². The first-order chi connectivity index (χ1) is 11.7. The third kappa shape index (κ3) is 4.00. The smallest absolute Gasteiger partial charge is 0.162 e. The second kappa shape index (κ2) is 7.86. The topological polar surface area (TPSA) is 29.5 Å². The number of ether oxygens (including phenoxy) is 1. The first kappa shape index (κ1) is 17.1. The van der Waals surface area contributed by atoms with Crippen molar-refractivity contribution >= 4 is 17.5 Å². The van der Waals surface area contributed by atoms with Crippen LogP contribution in [-0.4, -0.2) is 30.1 Å². The van der Waals surface area contributed by atoms with Crippen molar-refractivity contribution in [1.29, 1.82) is 0 Å². The maximum Gasteiger partial charge on any atom is 0.162 e. The van der Waals surface area contributed by atoms with Gasteiger partial charge in [-0.15, -0.1) is 11.8 Å². The number of carbonyl (C=O) groups is 1.